The van der Waals surface area contributed by atoms with E-state index >= 15 is 0 Å². The van der Waals surface area contributed by atoms with E-state index in [4.69, 9.17) is 5.73 Å². The second kappa shape index (κ2) is 5.76. The second-order valence-electron chi connectivity index (χ2n) is 4.90. The number of nitrogens with two attached hydrogens (primary N) is 1. The molecule has 98 valence electrons. The summed E-state index contributed by atoms with van der Waals surface area (Å²) in [6, 6.07) is 8.60. The molecule has 0 aliphatic heterocycles. The standard InChI is InChI=1S/C14H20N2OS/c1-9(15)11-3-7-13(8-4-11)18-10(2)14(17)16-12-5-6-12/h3-4,7-10,12H,5-6,15H2,1-2H3,(H,16,17). The van der Waals surface area contributed by atoms with Gasteiger partial charge in [0.15, 0.2) is 0 Å². The summed E-state index contributed by atoms with van der Waals surface area (Å²) in [5, 5.41) is 2.97. The Kier molecular flexibility index (Phi) is 4.30. The van der Waals surface area contributed by atoms with Gasteiger partial charge in [0.1, 0.15) is 0 Å². The molecule has 1 aliphatic rings. The van der Waals surface area contributed by atoms with Crippen LogP contribution in [0.4, 0.5) is 0 Å². The fraction of sp³-hybridized carbons (Fsp3) is 0.500. The van der Waals surface area contributed by atoms with Gasteiger partial charge in [0, 0.05) is 17.0 Å². The van der Waals surface area contributed by atoms with Crippen LogP contribution in [0.5, 0.6) is 0 Å². The third-order valence-electron chi connectivity index (χ3n) is 3.01. The molecule has 1 aliphatic carbocycles. The normalized spacial score (nSPS) is 18.2. The topological polar surface area (TPSA) is 55.1 Å². The fourth-order valence-electron chi connectivity index (χ4n) is 1.65. The number of rotatable bonds is 5. The van der Waals surface area contributed by atoms with Gasteiger partial charge in [-0.15, -0.1) is 11.8 Å². The maximum atomic E-state index is 11.8. The van der Waals surface area contributed by atoms with Crippen molar-refractivity contribution in [1.29, 1.82) is 0 Å². The van der Waals surface area contributed by atoms with E-state index < -0.39 is 0 Å². The quantitative estimate of drug-likeness (QED) is 0.803. The van der Waals surface area contributed by atoms with E-state index in [1.165, 1.54) is 0 Å². The van der Waals surface area contributed by atoms with Gasteiger partial charge in [0.25, 0.3) is 0 Å². The largest absolute Gasteiger partial charge is 0.352 e. The number of amides is 1. The smallest absolute Gasteiger partial charge is 0.233 e. The molecule has 4 heteroatoms. The molecular formula is C14H20N2OS. The molecule has 3 N–H and O–H groups in total. The first-order valence-electron chi connectivity index (χ1n) is 6.39. The molecule has 1 fully saturated rings. The van der Waals surface area contributed by atoms with Crippen LogP contribution < -0.4 is 11.1 Å². The number of hydrogen-bond acceptors (Lipinski definition) is 3. The number of hydrogen-bond donors (Lipinski definition) is 2. The van der Waals surface area contributed by atoms with Crippen molar-refractivity contribution in [3.05, 3.63) is 29.8 Å². The van der Waals surface area contributed by atoms with Crippen LogP contribution >= 0.6 is 11.8 Å². The molecule has 2 atom stereocenters. The van der Waals surface area contributed by atoms with E-state index in [9.17, 15) is 4.79 Å². The first-order chi connectivity index (χ1) is 8.56. The zero-order chi connectivity index (χ0) is 13.1. The van der Waals surface area contributed by atoms with Crippen molar-refractivity contribution >= 4 is 17.7 Å². The lowest BCUT2D eigenvalue weighted by Gasteiger charge is -2.12. The Hall–Kier alpha value is -1.00. The lowest BCUT2D eigenvalue weighted by atomic mass is 10.1. The fourth-order valence-corrected chi connectivity index (χ4v) is 2.53. The minimum absolute atomic E-state index is 0.0493. The summed E-state index contributed by atoms with van der Waals surface area (Å²) in [5.74, 6) is 0.138. The highest BCUT2D eigenvalue weighted by Crippen LogP contribution is 2.26. The minimum atomic E-state index is -0.0493. The van der Waals surface area contributed by atoms with Crippen LogP contribution in [0, 0.1) is 0 Å². The van der Waals surface area contributed by atoms with Gasteiger partial charge in [-0.05, 0) is 44.4 Å². The Morgan fingerprint density at radius 2 is 1.94 bits per heavy atom. The Balaban J connectivity index is 1.89. The van der Waals surface area contributed by atoms with Crippen LogP contribution in [0.2, 0.25) is 0 Å². The highest BCUT2D eigenvalue weighted by Gasteiger charge is 2.25. The van der Waals surface area contributed by atoms with Gasteiger partial charge in [-0.3, -0.25) is 4.79 Å². The molecule has 2 rings (SSSR count). The summed E-state index contributed by atoms with van der Waals surface area (Å²) >= 11 is 1.59. The van der Waals surface area contributed by atoms with Gasteiger partial charge in [-0.2, -0.15) is 0 Å². The molecular weight excluding hydrogens is 244 g/mol. The van der Waals surface area contributed by atoms with Crippen LogP contribution in [-0.4, -0.2) is 17.2 Å². The summed E-state index contributed by atoms with van der Waals surface area (Å²) in [6.45, 7) is 3.91. The highest BCUT2D eigenvalue weighted by atomic mass is 32.2. The number of benzene rings is 1. The van der Waals surface area contributed by atoms with E-state index in [-0.39, 0.29) is 17.2 Å². The Morgan fingerprint density at radius 3 is 2.44 bits per heavy atom. The van der Waals surface area contributed by atoms with Crippen LogP contribution in [-0.2, 0) is 4.79 Å². The van der Waals surface area contributed by atoms with E-state index in [1.54, 1.807) is 11.8 Å². The molecule has 2 unspecified atom stereocenters. The predicted octanol–water partition coefficient (Wildman–Crippen LogP) is 2.47. The molecule has 1 aromatic carbocycles. The zero-order valence-electron chi connectivity index (χ0n) is 10.8. The number of carbonyl (C=O) groups excluding carboxylic acids is 1. The highest BCUT2D eigenvalue weighted by molar-refractivity contribution is 8.00. The van der Waals surface area contributed by atoms with Crippen LogP contribution in [0.25, 0.3) is 0 Å². The first kappa shape index (κ1) is 13.4. The zero-order valence-corrected chi connectivity index (χ0v) is 11.7. The first-order valence-corrected chi connectivity index (χ1v) is 7.27. The van der Waals surface area contributed by atoms with Crippen molar-refractivity contribution in [2.75, 3.05) is 0 Å². The van der Waals surface area contributed by atoms with Crippen molar-refractivity contribution < 1.29 is 4.79 Å². The number of nitrogens with one attached hydrogen (secondary N) is 1. The summed E-state index contributed by atoms with van der Waals surface area (Å²) < 4.78 is 0. The molecule has 1 saturated carbocycles. The molecule has 0 heterocycles. The molecule has 0 bridgehead atoms. The molecule has 0 radical (unpaired) electrons. The third kappa shape index (κ3) is 3.75. The van der Waals surface area contributed by atoms with Gasteiger partial charge in [-0.25, -0.2) is 0 Å². The summed E-state index contributed by atoms with van der Waals surface area (Å²) in [4.78, 5) is 12.9. The molecule has 0 spiro atoms. The lowest BCUT2D eigenvalue weighted by molar-refractivity contribution is -0.120. The van der Waals surface area contributed by atoms with Crippen molar-refractivity contribution in [1.82, 2.24) is 5.32 Å². The molecule has 18 heavy (non-hydrogen) atoms. The van der Waals surface area contributed by atoms with Crippen LogP contribution in [0.1, 0.15) is 38.3 Å². The van der Waals surface area contributed by atoms with Gasteiger partial charge in [0.05, 0.1) is 5.25 Å². The van der Waals surface area contributed by atoms with E-state index in [2.05, 4.69) is 5.32 Å². The second-order valence-corrected chi connectivity index (χ2v) is 6.31. The van der Waals surface area contributed by atoms with Gasteiger partial charge in [-0.1, -0.05) is 12.1 Å². The summed E-state index contributed by atoms with van der Waals surface area (Å²) in [6.07, 6.45) is 2.26. The third-order valence-corrected chi connectivity index (χ3v) is 4.12. The van der Waals surface area contributed by atoms with Gasteiger partial charge in [0.2, 0.25) is 5.91 Å². The van der Waals surface area contributed by atoms with Crippen molar-refractivity contribution in [3.63, 3.8) is 0 Å². The monoisotopic (exact) mass is 264 g/mol. The van der Waals surface area contributed by atoms with E-state index in [0.29, 0.717) is 6.04 Å². The average molecular weight is 264 g/mol. The Morgan fingerprint density at radius 1 is 1.33 bits per heavy atom. The van der Waals surface area contributed by atoms with E-state index in [0.717, 1.165) is 23.3 Å². The van der Waals surface area contributed by atoms with Crippen LogP contribution in [0.15, 0.2) is 29.2 Å². The number of carbonyl (C=O) groups is 1. The maximum absolute atomic E-state index is 11.8. The SMILES string of the molecule is CC(Sc1ccc(C(C)N)cc1)C(=O)NC1CC1. The molecule has 0 saturated heterocycles. The van der Waals surface area contributed by atoms with Gasteiger partial charge >= 0.3 is 0 Å². The minimum Gasteiger partial charge on any atom is -0.352 e. The molecule has 1 aromatic rings. The number of thioether (sulfide) groups is 1. The van der Waals surface area contributed by atoms with Crippen molar-refractivity contribution in [2.24, 2.45) is 5.73 Å². The average Bonchev–Trinajstić information content (AvgIpc) is 3.13. The molecule has 3 nitrogen and oxygen atoms in total. The summed E-state index contributed by atoms with van der Waals surface area (Å²) in [7, 11) is 0. The molecule has 1 amide bonds. The Labute approximate surface area is 113 Å². The van der Waals surface area contributed by atoms with E-state index in [1.807, 2.05) is 38.1 Å². The molecule has 0 aromatic heterocycles. The lowest BCUT2D eigenvalue weighted by Crippen LogP contribution is -2.32. The Bertz CT molecular complexity index is 412. The summed E-state index contributed by atoms with van der Waals surface area (Å²) in [5.41, 5.74) is 6.92. The maximum Gasteiger partial charge on any atom is 0.233 e. The van der Waals surface area contributed by atoms with Crippen molar-refractivity contribution in [3.8, 4) is 0 Å². The van der Waals surface area contributed by atoms with Crippen LogP contribution in [0.3, 0.4) is 0 Å². The predicted molar refractivity (Wildman–Crippen MR) is 75.5 cm³/mol. The van der Waals surface area contributed by atoms with Gasteiger partial charge < -0.3 is 11.1 Å². The van der Waals surface area contributed by atoms with Crippen molar-refractivity contribution in [2.45, 2.75) is 48.9 Å².